The summed E-state index contributed by atoms with van der Waals surface area (Å²) in [7, 11) is -4.35. The van der Waals surface area contributed by atoms with Gasteiger partial charge in [0.15, 0.2) is 11.9 Å². The number of halogens is 1. The molecule has 0 amide bonds. The number of ether oxygens (including phenoxy) is 2. The van der Waals surface area contributed by atoms with Gasteiger partial charge in [-0.3, -0.25) is 23.7 Å². The Morgan fingerprint density at radius 1 is 1.30 bits per heavy atom. The van der Waals surface area contributed by atoms with Crippen molar-refractivity contribution < 1.29 is 37.4 Å². The van der Waals surface area contributed by atoms with Gasteiger partial charge < -0.3 is 19.1 Å². The SMILES string of the molecule is Cc1cc(C2CC2)ccc1OP(=O)(N[C@@H](C)C(=O)OC(C)C)OC[C@H]1O[C@@H](n2ccc(=O)[nH]c2=O)[C@](C)(F)[C@@H]1O. The van der Waals surface area contributed by atoms with Gasteiger partial charge in [0.05, 0.1) is 12.7 Å². The number of benzene rings is 1. The van der Waals surface area contributed by atoms with Crippen LogP contribution in [0.3, 0.4) is 0 Å². The number of H-pyrrole nitrogens is 1. The normalized spacial score (nSPS) is 26.9. The number of nitrogens with one attached hydrogen (secondary N) is 2. The first kappa shape index (κ1) is 30.1. The van der Waals surface area contributed by atoms with Gasteiger partial charge in [-0.05, 0) is 70.6 Å². The zero-order valence-corrected chi connectivity index (χ0v) is 23.9. The molecule has 1 aliphatic heterocycles. The molecule has 4 rings (SSSR count). The van der Waals surface area contributed by atoms with Gasteiger partial charge in [0.2, 0.25) is 0 Å². The zero-order chi connectivity index (χ0) is 29.4. The smallest absolute Gasteiger partial charge is 0.459 e. The Hall–Kier alpha value is -2.83. The Morgan fingerprint density at radius 3 is 2.60 bits per heavy atom. The highest BCUT2D eigenvalue weighted by molar-refractivity contribution is 7.52. The molecular formula is C26H35FN3O9P. The van der Waals surface area contributed by atoms with Crippen molar-refractivity contribution in [2.45, 2.75) is 89.6 Å². The highest BCUT2D eigenvalue weighted by Crippen LogP contribution is 2.49. The Balaban J connectivity index is 1.55. The van der Waals surface area contributed by atoms with E-state index in [1.54, 1.807) is 26.8 Å². The maximum atomic E-state index is 15.6. The first-order valence-electron chi connectivity index (χ1n) is 13.1. The van der Waals surface area contributed by atoms with Crippen molar-refractivity contribution in [2.75, 3.05) is 6.61 Å². The van der Waals surface area contributed by atoms with Crippen LogP contribution in [0.4, 0.5) is 4.39 Å². The molecule has 6 atom stereocenters. The Morgan fingerprint density at radius 2 is 2.00 bits per heavy atom. The van der Waals surface area contributed by atoms with E-state index in [-0.39, 0.29) is 5.75 Å². The van der Waals surface area contributed by atoms with Crippen LogP contribution in [0.2, 0.25) is 0 Å². The lowest BCUT2D eigenvalue weighted by molar-refractivity contribution is -0.149. The molecular weight excluding hydrogens is 548 g/mol. The highest BCUT2D eigenvalue weighted by Gasteiger charge is 2.56. The van der Waals surface area contributed by atoms with Crippen LogP contribution in [0.15, 0.2) is 40.1 Å². The van der Waals surface area contributed by atoms with Crippen molar-refractivity contribution in [3.05, 3.63) is 62.4 Å². The molecule has 0 radical (unpaired) electrons. The third-order valence-corrected chi connectivity index (χ3v) is 8.38. The highest BCUT2D eigenvalue weighted by atomic mass is 31.2. The molecule has 2 aliphatic rings. The van der Waals surface area contributed by atoms with Crippen LogP contribution in [-0.4, -0.2) is 57.3 Å². The van der Waals surface area contributed by atoms with Gasteiger partial charge in [-0.2, -0.15) is 5.09 Å². The second-order valence-electron chi connectivity index (χ2n) is 10.7. The van der Waals surface area contributed by atoms with E-state index in [1.165, 1.54) is 6.92 Å². The van der Waals surface area contributed by atoms with Gasteiger partial charge in [-0.25, -0.2) is 13.8 Å². The minimum atomic E-state index is -4.35. The van der Waals surface area contributed by atoms with E-state index >= 15 is 4.39 Å². The summed E-state index contributed by atoms with van der Waals surface area (Å²) < 4.78 is 52.5. The molecule has 2 fully saturated rings. The fourth-order valence-electron chi connectivity index (χ4n) is 4.42. The second kappa shape index (κ2) is 11.6. The molecule has 3 N–H and O–H groups in total. The molecule has 1 aromatic carbocycles. The van der Waals surface area contributed by atoms with E-state index < -0.39 is 67.8 Å². The summed E-state index contributed by atoms with van der Waals surface area (Å²) >= 11 is 0. The molecule has 1 aliphatic carbocycles. The average Bonchev–Trinajstić information content (AvgIpc) is 3.67. The number of aryl methyl sites for hydroxylation is 1. The van der Waals surface area contributed by atoms with Gasteiger partial charge in [0.25, 0.3) is 5.56 Å². The fourth-order valence-corrected chi connectivity index (χ4v) is 5.99. The van der Waals surface area contributed by atoms with Gasteiger partial charge in [-0.1, -0.05) is 12.1 Å². The van der Waals surface area contributed by atoms with Gasteiger partial charge in [-0.15, -0.1) is 0 Å². The number of aromatic amines is 1. The number of esters is 1. The Bertz CT molecular complexity index is 1400. The summed E-state index contributed by atoms with van der Waals surface area (Å²) in [5.74, 6) is 0.0263. The monoisotopic (exact) mass is 583 g/mol. The molecule has 1 saturated heterocycles. The molecule has 12 nitrogen and oxygen atoms in total. The summed E-state index contributed by atoms with van der Waals surface area (Å²) in [4.78, 5) is 38.1. The number of aliphatic hydroxyl groups is 1. The maximum absolute atomic E-state index is 15.6. The molecule has 1 aromatic heterocycles. The first-order valence-corrected chi connectivity index (χ1v) is 14.6. The molecule has 2 aromatic rings. The van der Waals surface area contributed by atoms with E-state index in [0.29, 0.717) is 11.5 Å². The van der Waals surface area contributed by atoms with Crippen LogP contribution >= 0.6 is 7.75 Å². The number of hydrogen-bond donors (Lipinski definition) is 3. The second-order valence-corrected chi connectivity index (χ2v) is 12.4. The number of carbonyl (C=O) groups is 1. The molecule has 1 saturated carbocycles. The van der Waals surface area contributed by atoms with Gasteiger partial charge >= 0.3 is 19.4 Å². The van der Waals surface area contributed by atoms with Crippen LogP contribution < -0.4 is 20.9 Å². The van der Waals surface area contributed by atoms with E-state index in [9.17, 15) is 24.1 Å². The largest absolute Gasteiger partial charge is 0.462 e. The predicted octanol–water partition coefficient (Wildman–Crippen LogP) is 2.84. The number of rotatable bonds is 11. The van der Waals surface area contributed by atoms with Crippen LogP contribution in [0.5, 0.6) is 5.75 Å². The zero-order valence-electron chi connectivity index (χ0n) is 23.0. The topological polar surface area (TPSA) is 158 Å². The number of aliphatic hydroxyl groups excluding tert-OH is 1. The molecule has 0 spiro atoms. The number of hydrogen-bond acceptors (Lipinski definition) is 9. The lowest BCUT2D eigenvalue weighted by Crippen LogP contribution is -2.43. The summed E-state index contributed by atoms with van der Waals surface area (Å²) in [6, 6.07) is 5.35. The third-order valence-electron chi connectivity index (χ3n) is 6.75. The number of alkyl halides is 1. The van der Waals surface area contributed by atoms with Crippen LogP contribution in [0.25, 0.3) is 0 Å². The van der Waals surface area contributed by atoms with Crippen molar-refractivity contribution in [3.63, 3.8) is 0 Å². The number of nitrogens with zero attached hydrogens (tertiary/aromatic N) is 1. The first-order chi connectivity index (χ1) is 18.7. The molecule has 40 heavy (non-hydrogen) atoms. The number of aromatic nitrogens is 2. The lowest BCUT2D eigenvalue weighted by Gasteiger charge is -2.26. The van der Waals surface area contributed by atoms with Crippen LogP contribution in [-0.2, 0) is 23.4 Å². The quantitative estimate of drug-likeness (QED) is 0.265. The predicted molar refractivity (Wildman–Crippen MR) is 142 cm³/mol. The van der Waals surface area contributed by atoms with E-state index in [4.69, 9.17) is 18.5 Å². The molecule has 220 valence electrons. The van der Waals surface area contributed by atoms with Crippen molar-refractivity contribution in [1.82, 2.24) is 14.6 Å². The van der Waals surface area contributed by atoms with E-state index in [1.807, 2.05) is 17.1 Å². The molecule has 1 unspecified atom stereocenters. The van der Waals surface area contributed by atoms with Gasteiger partial charge in [0, 0.05) is 12.3 Å². The minimum absolute atomic E-state index is 0.241. The average molecular weight is 584 g/mol. The van der Waals surface area contributed by atoms with Crippen molar-refractivity contribution in [1.29, 1.82) is 0 Å². The minimum Gasteiger partial charge on any atom is -0.462 e. The maximum Gasteiger partial charge on any atom is 0.459 e. The Kier molecular flexibility index (Phi) is 8.72. The summed E-state index contributed by atoms with van der Waals surface area (Å²) in [6.45, 7) is 6.93. The molecule has 0 bridgehead atoms. The van der Waals surface area contributed by atoms with Crippen LogP contribution in [0, 0.1) is 6.92 Å². The summed E-state index contributed by atoms with van der Waals surface area (Å²) in [5.41, 5.74) is -2.28. The van der Waals surface area contributed by atoms with Crippen LogP contribution in [0.1, 0.15) is 63.8 Å². The lowest BCUT2D eigenvalue weighted by atomic mass is 9.98. The van der Waals surface area contributed by atoms with Gasteiger partial charge in [0.1, 0.15) is 24.0 Å². The van der Waals surface area contributed by atoms with Crippen molar-refractivity contribution in [3.8, 4) is 5.75 Å². The van der Waals surface area contributed by atoms with Crippen molar-refractivity contribution >= 4 is 13.7 Å². The van der Waals surface area contributed by atoms with E-state index in [2.05, 4.69) is 5.09 Å². The fraction of sp³-hybridized carbons (Fsp3) is 0.577. The third kappa shape index (κ3) is 6.72. The molecule has 2 heterocycles. The number of carbonyl (C=O) groups excluding carboxylic acids is 1. The summed E-state index contributed by atoms with van der Waals surface area (Å²) in [6.07, 6.45) is -2.01. The molecule has 14 heteroatoms. The van der Waals surface area contributed by atoms with Crippen molar-refractivity contribution in [2.24, 2.45) is 0 Å². The summed E-state index contributed by atoms with van der Waals surface area (Å²) in [5, 5.41) is 13.2. The van der Waals surface area contributed by atoms with E-state index in [0.717, 1.165) is 42.2 Å². The standard InChI is InChI=1S/C26H35FN3O9P/c1-14(2)37-23(33)16(4)29-40(35,39-19-9-8-18(12-15(19)3)17-6-7-17)36-13-20-22(32)26(5,27)24(38-20)30-11-10-21(31)28-25(30)34/h8-12,14,16-17,20,22,24,32H,6-7,13H2,1-5H3,(H,29,35)(H,28,31,34)/t16-,20+,22+,24+,26+,40?/m0/s1. The Labute approximate surface area is 230 Å².